The quantitative estimate of drug-likeness (QED) is 0.734. The van der Waals surface area contributed by atoms with Crippen molar-refractivity contribution < 1.29 is 4.39 Å². The van der Waals surface area contributed by atoms with E-state index in [0.717, 1.165) is 24.4 Å². The minimum atomic E-state index is -0.216. The molecule has 0 aliphatic heterocycles. The zero-order chi connectivity index (χ0) is 14.4. The van der Waals surface area contributed by atoms with Crippen LogP contribution >= 0.6 is 27.7 Å². The molecule has 1 nitrogen and oxygen atoms in total. The molecular formula is C16H17BrFNS. The molecule has 0 amide bonds. The molecule has 0 unspecified atom stereocenters. The lowest BCUT2D eigenvalue weighted by molar-refractivity contribution is 0.620. The molecule has 1 N–H and O–H groups in total. The van der Waals surface area contributed by atoms with E-state index in [2.05, 4.69) is 52.4 Å². The lowest BCUT2D eigenvalue weighted by atomic mass is 10.2. The molecule has 0 bridgehead atoms. The van der Waals surface area contributed by atoms with E-state index in [1.165, 1.54) is 16.5 Å². The van der Waals surface area contributed by atoms with E-state index in [1.54, 1.807) is 11.8 Å². The van der Waals surface area contributed by atoms with Gasteiger partial charge in [0.2, 0.25) is 0 Å². The Balaban J connectivity index is 1.91. The molecule has 0 fully saturated rings. The molecule has 0 heterocycles. The topological polar surface area (TPSA) is 12.0 Å². The molecule has 2 aromatic carbocycles. The van der Waals surface area contributed by atoms with Crippen LogP contribution in [-0.4, -0.2) is 6.54 Å². The number of rotatable bonds is 6. The number of halogens is 2. The largest absolute Gasteiger partial charge is 0.313 e. The normalized spacial score (nSPS) is 10.8. The second kappa shape index (κ2) is 7.81. The van der Waals surface area contributed by atoms with Crippen LogP contribution in [0.2, 0.25) is 0 Å². The van der Waals surface area contributed by atoms with Crippen molar-refractivity contribution in [1.82, 2.24) is 5.32 Å². The maximum Gasteiger partial charge on any atom is 0.137 e. The van der Waals surface area contributed by atoms with Crippen molar-refractivity contribution >= 4 is 27.7 Å². The highest BCUT2D eigenvalue weighted by molar-refractivity contribution is 9.10. The van der Waals surface area contributed by atoms with Crippen LogP contribution in [0.1, 0.15) is 18.1 Å². The Hall–Kier alpha value is -0.840. The summed E-state index contributed by atoms with van der Waals surface area (Å²) in [5.74, 6) is 0.623. The molecule has 106 valence electrons. The van der Waals surface area contributed by atoms with E-state index in [-0.39, 0.29) is 5.82 Å². The van der Waals surface area contributed by atoms with Gasteiger partial charge in [-0.1, -0.05) is 25.1 Å². The Morgan fingerprint density at radius 1 is 1.10 bits per heavy atom. The maximum atomic E-state index is 13.1. The van der Waals surface area contributed by atoms with Gasteiger partial charge in [0.05, 0.1) is 4.47 Å². The fraction of sp³-hybridized carbons (Fsp3) is 0.250. The van der Waals surface area contributed by atoms with E-state index in [1.807, 2.05) is 12.1 Å². The number of thioether (sulfide) groups is 1. The Bertz CT molecular complexity index is 557. The SMILES string of the molecule is CCNCc1ccc(SCc2ccc(F)c(Br)c2)cc1. The first-order chi connectivity index (χ1) is 9.69. The molecule has 20 heavy (non-hydrogen) atoms. The Morgan fingerprint density at radius 2 is 1.80 bits per heavy atom. The zero-order valence-electron chi connectivity index (χ0n) is 11.3. The molecule has 0 spiro atoms. The second-order valence-corrected chi connectivity index (χ2v) is 6.36. The smallest absolute Gasteiger partial charge is 0.137 e. The number of hydrogen-bond donors (Lipinski definition) is 1. The molecule has 2 rings (SSSR count). The van der Waals surface area contributed by atoms with Crippen molar-refractivity contribution in [3.8, 4) is 0 Å². The van der Waals surface area contributed by atoms with Crippen molar-refractivity contribution in [2.45, 2.75) is 24.1 Å². The minimum Gasteiger partial charge on any atom is -0.313 e. The molecule has 0 radical (unpaired) electrons. The molecule has 0 saturated heterocycles. The van der Waals surface area contributed by atoms with E-state index in [4.69, 9.17) is 0 Å². The van der Waals surface area contributed by atoms with Gasteiger partial charge in [0.1, 0.15) is 5.82 Å². The van der Waals surface area contributed by atoms with Crippen LogP contribution in [0.5, 0.6) is 0 Å². The van der Waals surface area contributed by atoms with Crippen LogP contribution in [0.25, 0.3) is 0 Å². The predicted octanol–water partition coefficient (Wildman–Crippen LogP) is 4.99. The Morgan fingerprint density at radius 3 is 2.45 bits per heavy atom. The summed E-state index contributed by atoms with van der Waals surface area (Å²) in [6.45, 7) is 3.99. The van der Waals surface area contributed by atoms with Gasteiger partial charge in [-0.25, -0.2) is 4.39 Å². The maximum absolute atomic E-state index is 13.1. The molecule has 0 aromatic heterocycles. The highest BCUT2D eigenvalue weighted by Gasteiger charge is 2.02. The van der Waals surface area contributed by atoms with Crippen molar-refractivity contribution in [2.24, 2.45) is 0 Å². The van der Waals surface area contributed by atoms with Gasteiger partial charge in [-0.3, -0.25) is 0 Å². The van der Waals surface area contributed by atoms with Gasteiger partial charge in [-0.05, 0) is 57.9 Å². The van der Waals surface area contributed by atoms with Crippen molar-refractivity contribution in [1.29, 1.82) is 0 Å². The molecule has 0 saturated carbocycles. The lowest BCUT2D eigenvalue weighted by Crippen LogP contribution is -2.11. The molecule has 0 aliphatic carbocycles. The summed E-state index contributed by atoms with van der Waals surface area (Å²) >= 11 is 4.97. The average Bonchev–Trinajstić information content (AvgIpc) is 2.47. The van der Waals surface area contributed by atoms with Crippen molar-refractivity contribution in [2.75, 3.05) is 6.54 Å². The first-order valence-electron chi connectivity index (χ1n) is 6.55. The number of benzene rings is 2. The van der Waals surface area contributed by atoms with Crippen LogP contribution in [0, 0.1) is 5.82 Å². The van der Waals surface area contributed by atoms with E-state index in [9.17, 15) is 4.39 Å². The summed E-state index contributed by atoms with van der Waals surface area (Å²) < 4.78 is 13.7. The summed E-state index contributed by atoms with van der Waals surface area (Å²) in [6.07, 6.45) is 0. The molecule has 0 atom stereocenters. The van der Waals surface area contributed by atoms with E-state index in [0.29, 0.717) is 4.47 Å². The van der Waals surface area contributed by atoms with Crippen LogP contribution < -0.4 is 5.32 Å². The van der Waals surface area contributed by atoms with Gasteiger partial charge in [0.25, 0.3) is 0 Å². The minimum absolute atomic E-state index is 0.216. The molecule has 0 aliphatic rings. The number of hydrogen-bond acceptors (Lipinski definition) is 2. The van der Waals surface area contributed by atoms with Gasteiger partial charge in [0, 0.05) is 17.2 Å². The number of nitrogens with one attached hydrogen (secondary N) is 1. The Labute approximate surface area is 132 Å². The predicted molar refractivity (Wildman–Crippen MR) is 87.5 cm³/mol. The van der Waals surface area contributed by atoms with E-state index < -0.39 is 0 Å². The average molecular weight is 354 g/mol. The van der Waals surface area contributed by atoms with Crippen molar-refractivity contribution in [3.63, 3.8) is 0 Å². The molecule has 4 heteroatoms. The fourth-order valence-corrected chi connectivity index (χ4v) is 3.04. The van der Waals surface area contributed by atoms with E-state index >= 15 is 0 Å². The third kappa shape index (κ3) is 4.62. The van der Waals surface area contributed by atoms with Crippen LogP contribution in [0.4, 0.5) is 4.39 Å². The lowest BCUT2D eigenvalue weighted by Gasteiger charge is -2.05. The monoisotopic (exact) mass is 353 g/mol. The van der Waals surface area contributed by atoms with Gasteiger partial charge in [0.15, 0.2) is 0 Å². The van der Waals surface area contributed by atoms with Gasteiger partial charge in [-0.15, -0.1) is 11.8 Å². The molecular weight excluding hydrogens is 337 g/mol. The van der Waals surface area contributed by atoms with Gasteiger partial charge < -0.3 is 5.32 Å². The third-order valence-corrected chi connectivity index (χ3v) is 4.58. The summed E-state index contributed by atoms with van der Waals surface area (Å²) in [4.78, 5) is 1.23. The van der Waals surface area contributed by atoms with Gasteiger partial charge >= 0.3 is 0 Å². The zero-order valence-corrected chi connectivity index (χ0v) is 13.7. The van der Waals surface area contributed by atoms with Crippen molar-refractivity contribution in [3.05, 3.63) is 63.9 Å². The standard InChI is InChI=1S/C16H17BrFNS/c1-2-19-10-12-3-6-14(7-4-12)20-11-13-5-8-16(18)15(17)9-13/h3-9,19H,2,10-11H2,1H3. The highest BCUT2D eigenvalue weighted by atomic mass is 79.9. The molecule has 2 aromatic rings. The first kappa shape index (κ1) is 15.5. The second-order valence-electron chi connectivity index (χ2n) is 4.46. The summed E-state index contributed by atoms with van der Waals surface area (Å²) in [6, 6.07) is 13.7. The summed E-state index contributed by atoms with van der Waals surface area (Å²) in [5, 5.41) is 3.31. The first-order valence-corrected chi connectivity index (χ1v) is 8.33. The Kier molecular flexibility index (Phi) is 6.07. The van der Waals surface area contributed by atoms with Gasteiger partial charge in [-0.2, -0.15) is 0 Å². The van der Waals surface area contributed by atoms with Crippen LogP contribution in [0.15, 0.2) is 51.8 Å². The summed E-state index contributed by atoms with van der Waals surface area (Å²) in [7, 11) is 0. The van der Waals surface area contributed by atoms with Crippen LogP contribution in [-0.2, 0) is 12.3 Å². The van der Waals surface area contributed by atoms with Crippen LogP contribution in [0.3, 0.4) is 0 Å². The summed E-state index contributed by atoms with van der Waals surface area (Å²) in [5.41, 5.74) is 2.40. The fourth-order valence-electron chi connectivity index (χ4n) is 1.77. The highest BCUT2D eigenvalue weighted by Crippen LogP contribution is 2.25. The third-order valence-electron chi connectivity index (χ3n) is 2.89.